The van der Waals surface area contributed by atoms with Gasteiger partial charge in [0.1, 0.15) is 5.75 Å². The highest BCUT2D eigenvalue weighted by atomic mass is 32.1. The van der Waals surface area contributed by atoms with E-state index in [1.54, 1.807) is 13.0 Å². The number of thiocarbonyl (C=S) groups is 1. The molecule has 1 atom stereocenters. The van der Waals surface area contributed by atoms with Gasteiger partial charge in [-0.15, -0.1) is 0 Å². The van der Waals surface area contributed by atoms with Gasteiger partial charge in [0.05, 0.1) is 18.7 Å². The fraction of sp³-hybridized carbons (Fsp3) is 0.476. The van der Waals surface area contributed by atoms with Crippen LogP contribution in [0.1, 0.15) is 44.2 Å². The molecule has 3 rings (SSSR count). The van der Waals surface area contributed by atoms with Crippen molar-refractivity contribution in [2.24, 2.45) is 0 Å². The Labute approximate surface area is 176 Å². The normalized spacial score (nSPS) is 19.7. The first-order chi connectivity index (χ1) is 14.0. The Kier molecular flexibility index (Phi) is 7.09. The molecule has 156 valence electrons. The number of carbonyl (C=O) groups excluding carboxylic acids is 2. The predicted molar refractivity (Wildman–Crippen MR) is 113 cm³/mol. The van der Waals surface area contributed by atoms with Crippen LogP contribution in [0, 0.1) is 0 Å². The number of benzene rings is 1. The van der Waals surface area contributed by atoms with Crippen molar-refractivity contribution in [1.82, 2.24) is 15.5 Å². The molecule has 7 nitrogen and oxygen atoms in total. The van der Waals surface area contributed by atoms with Crippen LogP contribution >= 0.6 is 12.2 Å². The molecule has 1 amide bonds. The van der Waals surface area contributed by atoms with E-state index >= 15 is 0 Å². The number of ether oxygens (including phenoxy) is 2. The predicted octanol–water partition coefficient (Wildman–Crippen LogP) is 2.43. The summed E-state index contributed by atoms with van der Waals surface area (Å²) >= 11 is 5.27. The first-order valence-corrected chi connectivity index (χ1v) is 10.3. The lowest BCUT2D eigenvalue weighted by Crippen LogP contribution is -2.45. The van der Waals surface area contributed by atoms with Gasteiger partial charge in [-0.3, -0.25) is 4.79 Å². The summed E-state index contributed by atoms with van der Waals surface area (Å²) in [6, 6.07) is 6.81. The van der Waals surface area contributed by atoms with Crippen molar-refractivity contribution in [3.05, 3.63) is 41.1 Å². The molecule has 1 saturated heterocycles. The summed E-state index contributed by atoms with van der Waals surface area (Å²) in [7, 11) is 1.34. The maximum Gasteiger partial charge on any atom is 0.337 e. The minimum Gasteiger partial charge on any atom is -0.483 e. The molecule has 8 heteroatoms. The molecule has 2 aliphatic rings. The van der Waals surface area contributed by atoms with E-state index in [1.165, 1.54) is 7.11 Å². The van der Waals surface area contributed by atoms with Crippen molar-refractivity contribution in [2.75, 3.05) is 26.8 Å². The zero-order valence-corrected chi connectivity index (χ0v) is 17.6. The number of allylic oxidation sites excluding steroid dienone is 1. The molecule has 1 aromatic carbocycles. The first-order valence-electron chi connectivity index (χ1n) is 9.87. The Morgan fingerprint density at radius 1 is 1.17 bits per heavy atom. The molecule has 0 unspecified atom stereocenters. The van der Waals surface area contributed by atoms with Crippen LogP contribution in [0.2, 0.25) is 0 Å². The molecule has 0 spiro atoms. The Hall–Kier alpha value is -2.61. The summed E-state index contributed by atoms with van der Waals surface area (Å²) in [6.45, 7) is 3.30. The third-order valence-corrected chi connectivity index (χ3v) is 5.43. The van der Waals surface area contributed by atoms with Crippen LogP contribution in [0.25, 0.3) is 0 Å². The Balaban J connectivity index is 1.80. The van der Waals surface area contributed by atoms with Crippen molar-refractivity contribution in [3.63, 3.8) is 0 Å². The SMILES string of the molecule is COC(=O)C1=C(C)NC(=S)N[C@H]1c1ccccc1OCC(=O)N1CCCCCC1. The molecule has 1 aromatic rings. The van der Waals surface area contributed by atoms with Gasteiger partial charge in [-0.2, -0.15) is 0 Å². The highest BCUT2D eigenvalue weighted by Gasteiger charge is 2.32. The number of para-hydroxylation sites is 1. The summed E-state index contributed by atoms with van der Waals surface area (Å²) in [4.78, 5) is 26.9. The van der Waals surface area contributed by atoms with Crippen molar-refractivity contribution < 1.29 is 19.1 Å². The molecule has 0 saturated carbocycles. The number of amides is 1. The van der Waals surface area contributed by atoms with Crippen molar-refractivity contribution >= 4 is 29.2 Å². The van der Waals surface area contributed by atoms with Gasteiger partial charge in [0.2, 0.25) is 0 Å². The Morgan fingerprint density at radius 3 is 2.55 bits per heavy atom. The van der Waals surface area contributed by atoms with Crippen LogP contribution < -0.4 is 15.4 Å². The highest BCUT2D eigenvalue weighted by Crippen LogP contribution is 2.33. The van der Waals surface area contributed by atoms with Gasteiger partial charge in [0, 0.05) is 24.4 Å². The number of carbonyl (C=O) groups is 2. The van der Waals surface area contributed by atoms with Gasteiger partial charge in [0.15, 0.2) is 11.7 Å². The molecule has 0 radical (unpaired) electrons. The Morgan fingerprint density at radius 2 is 1.86 bits per heavy atom. The molecule has 2 aliphatic heterocycles. The number of esters is 1. The maximum absolute atomic E-state index is 12.6. The largest absolute Gasteiger partial charge is 0.483 e. The summed E-state index contributed by atoms with van der Waals surface area (Å²) in [5.74, 6) is 0.0629. The molecule has 1 fully saturated rings. The van der Waals surface area contributed by atoms with Crippen LogP contribution in [-0.4, -0.2) is 48.7 Å². The fourth-order valence-corrected chi connectivity index (χ4v) is 3.98. The minimum atomic E-state index is -0.527. The average molecular weight is 418 g/mol. The van der Waals surface area contributed by atoms with Gasteiger partial charge < -0.3 is 25.0 Å². The molecule has 0 aromatic heterocycles. The van der Waals surface area contributed by atoms with Crippen LogP contribution in [-0.2, 0) is 14.3 Å². The quantitative estimate of drug-likeness (QED) is 0.563. The number of likely N-dealkylation sites (tertiary alicyclic amines) is 1. The van der Waals surface area contributed by atoms with Crippen molar-refractivity contribution in [2.45, 2.75) is 38.6 Å². The lowest BCUT2D eigenvalue weighted by atomic mass is 9.95. The van der Waals surface area contributed by atoms with Gasteiger partial charge in [-0.1, -0.05) is 31.0 Å². The summed E-state index contributed by atoms with van der Waals surface area (Å²) in [5.41, 5.74) is 1.77. The Bertz CT molecular complexity index is 816. The minimum absolute atomic E-state index is 0.0181. The second-order valence-electron chi connectivity index (χ2n) is 7.18. The van der Waals surface area contributed by atoms with E-state index in [0.717, 1.165) is 44.3 Å². The lowest BCUT2D eigenvalue weighted by molar-refractivity contribution is -0.136. The van der Waals surface area contributed by atoms with E-state index < -0.39 is 12.0 Å². The van der Waals surface area contributed by atoms with Gasteiger partial charge in [-0.05, 0) is 38.0 Å². The second-order valence-corrected chi connectivity index (χ2v) is 7.59. The maximum atomic E-state index is 12.6. The van der Waals surface area contributed by atoms with E-state index in [2.05, 4.69) is 10.6 Å². The topological polar surface area (TPSA) is 79.9 Å². The number of hydrogen-bond donors (Lipinski definition) is 2. The summed E-state index contributed by atoms with van der Waals surface area (Å²) in [5, 5.41) is 6.49. The molecule has 2 N–H and O–H groups in total. The van der Waals surface area contributed by atoms with Crippen molar-refractivity contribution in [3.8, 4) is 5.75 Å². The molecule has 29 heavy (non-hydrogen) atoms. The van der Waals surface area contributed by atoms with Gasteiger partial charge in [0.25, 0.3) is 5.91 Å². The van der Waals surface area contributed by atoms with E-state index in [-0.39, 0.29) is 12.5 Å². The highest BCUT2D eigenvalue weighted by molar-refractivity contribution is 7.80. The van der Waals surface area contributed by atoms with Crippen LogP contribution in [0.15, 0.2) is 35.5 Å². The standard InChI is InChI=1S/C21H27N3O4S/c1-14-18(20(26)27-2)19(23-21(29)22-14)15-9-5-6-10-16(15)28-13-17(25)24-11-7-3-4-8-12-24/h5-6,9-10,19H,3-4,7-8,11-13H2,1-2H3,(H2,22,23,29)/t19-/m0/s1. The van der Waals surface area contributed by atoms with E-state index in [1.807, 2.05) is 23.1 Å². The fourth-order valence-electron chi connectivity index (χ4n) is 3.71. The number of methoxy groups -OCH3 is 1. The monoisotopic (exact) mass is 417 g/mol. The lowest BCUT2D eigenvalue weighted by Gasteiger charge is -2.30. The molecular formula is C21H27N3O4S. The van der Waals surface area contributed by atoms with Gasteiger partial charge in [-0.25, -0.2) is 4.79 Å². The molecule has 2 heterocycles. The second kappa shape index (κ2) is 9.73. The van der Waals surface area contributed by atoms with E-state index in [0.29, 0.717) is 22.1 Å². The van der Waals surface area contributed by atoms with E-state index in [4.69, 9.17) is 21.7 Å². The molecule has 0 bridgehead atoms. The van der Waals surface area contributed by atoms with Crippen LogP contribution in [0.3, 0.4) is 0 Å². The van der Waals surface area contributed by atoms with Crippen molar-refractivity contribution in [1.29, 1.82) is 0 Å². The average Bonchev–Trinajstić information content (AvgIpc) is 3.01. The summed E-state index contributed by atoms with van der Waals surface area (Å²) < 4.78 is 10.9. The number of nitrogens with zero attached hydrogens (tertiary/aromatic N) is 1. The van der Waals surface area contributed by atoms with Crippen LogP contribution in [0.4, 0.5) is 0 Å². The number of hydrogen-bond acceptors (Lipinski definition) is 5. The third-order valence-electron chi connectivity index (χ3n) is 5.21. The molecule has 0 aliphatic carbocycles. The zero-order valence-electron chi connectivity index (χ0n) is 16.8. The van der Waals surface area contributed by atoms with Gasteiger partial charge >= 0.3 is 5.97 Å². The van der Waals surface area contributed by atoms with E-state index in [9.17, 15) is 9.59 Å². The van der Waals surface area contributed by atoms with Crippen LogP contribution in [0.5, 0.6) is 5.75 Å². The zero-order chi connectivity index (χ0) is 20.8. The number of nitrogens with one attached hydrogen (secondary N) is 2. The molecular weight excluding hydrogens is 390 g/mol. The smallest absolute Gasteiger partial charge is 0.337 e. The summed E-state index contributed by atoms with van der Waals surface area (Å²) in [6.07, 6.45) is 4.39. The first kappa shape index (κ1) is 21.1. The number of rotatable bonds is 5. The third kappa shape index (κ3) is 5.06.